The SMILES string of the molecule is CS(=O)(=O)c1ccc(CNc2ccc(-c3c(N)nc(N)nc3CC3CCCC3)cc2)cc1. The summed E-state index contributed by atoms with van der Waals surface area (Å²) in [6.45, 7) is 0.587. The zero-order valence-corrected chi connectivity index (χ0v) is 19.0. The maximum atomic E-state index is 11.6. The first-order valence-corrected chi connectivity index (χ1v) is 12.7. The van der Waals surface area contributed by atoms with Crippen molar-refractivity contribution in [1.82, 2.24) is 9.97 Å². The first kappa shape index (κ1) is 22.1. The van der Waals surface area contributed by atoms with E-state index in [2.05, 4.69) is 15.3 Å². The van der Waals surface area contributed by atoms with Crippen molar-refractivity contribution >= 4 is 27.3 Å². The van der Waals surface area contributed by atoms with Gasteiger partial charge in [-0.15, -0.1) is 0 Å². The Morgan fingerprint density at radius 3 is 2.25 bits per heavy atom. The third-order valence-electron chi connectivity index (χ3n) is 6.01. The van der Waals surface area contributed by atoms with E-state index in [9.17, 15) is 8.42 Å². The number of rotatable bonds is 7. The van der Waals surface area contributed by atoms with E-state index in [-0.39, 0.29) is 5.95 Å². The number of nitrogens with one attached hydrogen (secondary N) is 1. The zero-order valence-electron chi connectivity index (χ0n) is 18.2. The van der Waals surface area contributed by atoms with Crippen molar-refractivity contribution in [2.45, 2.75) is 43.5 Å². The molecule has 1 aromatic heterocycles. The number of nitrogens with two attached hydrogens (primary N) is 2. The highest BCUT2D eigenvalue weighted by atomic mass is 32.2. The summed E-state index contributed by atoms with van der Waals surface area (Å²) in [5, 5.41) is 3.36. The standard InChI is InChI=1S/C24H29N5O2S/c1-32(30,31)20-12-6-17(7-13-20)15-27-19-10-8-18(9-11-19)22-21(14-16-4-2-3-5-16)28-24(26)29-23(22)25/h6-13,16,27H,2-5,14-15H2,1H3,(H4,25,26,28,29). The molecule has 2 aromatic carbocycles. The Morgan fingerprint density at radius 2 is 1.62 bits per heavy atom. The third-order valence-corrected chi connectivity index (χ3v) is 7.14. The number of hydrogen-bond acceptors (Lipinski definition) is 7. The van der Waals surface area contributed by atoms with E-state index in [0.29, 0.717) is 23.2 Å². The second-order valence-electron chi connectivity index (χ2n) is 8.49. The lowest BCUT2D eigenvalue weighted by Crippen LogP contribution is -2.10. The van der Waals surface area contributed by atoms with Gasteiger partial charge in [0.2, 0.25) is 5.95 Å². The van der Waals surface area contributed by atoms with Crippen LogP contribution < -0.4 is 16.8 Å². The third kappa shape index (κ3) is 5.19. The highest BCUT2D eigenvalue weighted by Gasteiger charge is 2.21. The van der Waals surface area contributed by atoms with Crippen LogP contribution in [-0.4, -0.2) is 24.6 Å². The van der Waals surface area contributed by atoms with E-state index in [1.54, 1.807) is 12.1 Å². The van der Waals surface area contributed by atoms with E-state index < -0.39 is 9.84 Å². The van der Waals surface area contributed by atoms with Gasteiger partial charge in [0.05, 0.1) is 10.6 Å². The molecule has 7 nitrogen and oxygen atoms in total. The smallest absolute Gasteiger partial charge is 0.222 e. The molecular weight excluding hydrogens is 422 g/mol. The molecule has 0 unspecified atom stereocenters. The van der Waals surface area contributed by atoms with Crippen LogP contribution in [0.2, 0.25) is 0 Å². The Morgan fingerprint density at radius 1 is 0.969 bits per heavy atom. The number of hydrogen-bond donors (Lipinski definition) is 3. The van der Waals surface area contributed by atoms with Crippen molar-refractivity contribution in [1.29, 1.82) is 0 Å². The van der Waals surface area contributed by atoms with Gasteiger partial charge in [0.15, 0.2) is 9.84 Å². The molecule has 4 rings (SSSR count). The molecular formula is C24H29N5O2S. The van der Waals surface area contributed by atoms with Gasteiger partial charge >= 0.3 is 0 Å². The van der Waals surface area contributed by atoms with E-state index in [4.69, 9.17) is 11.5 Å². The Hall–Kier alpha value is -3.13. The van der Waals surface area contributed by atoms with Gasteiger partial charge in [-0.25, -0.2) is 13.4 Å². The van der Waals surface area contributed by atoms with Crippen molar-refractivity contribution in [3.63, 3.8) is 0 Å². The molecule has 3 aromatic rings. The van der Waals surface area contributed by atoms with Gasteiger partial charge in [0, 0.05) is 24.1 Å². The molecule has 0 spiro atoms. The Labute approximate surface area is 189 Å². The topological polar surface area (TPSA) is 124 Å². The van der Waals surface area contributed by atoms with Crippen LogP contribution in [0.1, 0.15) is 36.9 Å². The van der Waals surface area contributed by atoms with Crippen LogP contribution in [-0.2, 0) is 22.8 Å². The van der Waals surface area contributed by atoms with Crippen LogP contribution >= 0.6 is 0 Å². The summed E-state index contributed by atoms with van der Waals surface area (Å²) in [4.78, 5) is 9.04. The largest absolute Gasteiger partial charge is 0.383 e. The van der Waals surface area contributed by atoms with Gasteiger partial charge in [-0.1, -0.05) is 49.9 Å². The molecule has 5 N–H and O–H groups in total. The zero-order chi connectivity index (χ0) is 22.7. The molecule has 0 amide bonds. The quantitative estimate of drug-likeness (QED) is 0.495. The molecule has 1 fully saturated rings. The van der Waals surface area contributed by atoms with Gasteiger partial charge in [-0.2, -0.15) is 4.98 Å². The molecule has 1 aliphatic rings. The molecule has 1 aliphatic carbocycles. The fourth-order valence-corrected chi connectivity index (χ4v) is 4.94. The van der Waals surface area contributed by atoms with E-state index in [1.165, 1.54) is 31.9 Å². The van der Waals surface area contributed by atoms with Gasteiger partial charge in [-0.05, 0) is 47.7 Å². The maximum absolute atomic E-state index is 11.6. The van der Waals surface area contributed by atoms with E-state index in [1.807, 2.05) is 36.4 Å². The number of nitrogens with zero attached hydrogens (tertiary/aromatic N) is 2. The second-order valence-corrected chi connectivity index (χ2v) is 10.5. The van der Waals surface area contributed by atoms with Crippen molar-refractivity contribution in [2.24, 2.45) is 5.92 Å². The highest BCUT2D eigenvalue weighted by molar-refractivity contribution is 7.90. The number of aromatic nitrogens is 2. The Kier molecular flexibility index (Phi) is 6.32. The monoisotopic (exact) mass is 451 g/mol. The summed E-state index contributed by atoms with van der Waals surface area (Å²) in [6, 6.07) is 14.9. The van der Waals surface area contributed by atoms with Gasteiger partial charge in [-0.3, -0.25) is 0 Å². The molecule has 0 bridgehead atoms. The van der Waals surface area contributed by atoms with Gasteiger partial charge in [0.1, 0.15) is 5.82 Å². The fourth-order valence-electron chi connectivity index (χ4n) is 4.31. The molecule has 0 saturated heterocycles. The lowest BCUT2D eigenvalue weighted by atomic mass is 9.95. The fraction of sp³-hybridized carbons (Fsp3) is 0.333. The average Bonchev–Trinajstić information content (AvgIpc) is 3.25. The molecule has 0 aliphatic heterocycles. The number of nitrogen functional groups attached to an aromatic ring is 2. The van der Waals surface area contributed by atoms with E-state index >= 15 is 0 Å². The number of anilines is 3. The van der Waals surface area contributed by atoms with Crippen LogP contribution in [0, 0.1) is 5.92 Å². The average molecular weight is 452 g/mol. The van der Waals surface area contributed by atoms with Crippen molar-refractivity contribution < 1.29 is 8.42 Å². The summed E-state index contributed by atoms with van der Waals surface area (Å²) in [6.07, 6.45) is 7.06. The predicted octanol–water partition coefficient (Wildman–Crippen LogP) is 4.06. The number of sulfone groups is 1. The molecule has 0 atom stereocenters. The molecule has 168 valence electrons. The first-order chi connectivity index (χ1) is 15.3. The molecule has 1 saturated carbocycles. The van der Waals surface area contributed by atoms with Crippen LogP contribution in [0.3, 0.4) is 0 Å². The van der Waals surface area contributed by atoms with Gasteiger partial charge < -0.3 is 16.8 Å². The van der Waals surface area contributed by atoms with Crippen LogP contribution in [0.25, 0.3) is 11.1 Å². The first-order valence-electron chi connectivity index (χ1n) is 10.8. The molecule has 1 heterocycles. The highest BCUT2D eigenvalue weighted by Crippen LogP contribution is 2.34. The molecule has 0 radical (unpaired) electrons. The summed E-state index contributed by atoms with van der Waals surface area (Å²) in [5.41, 5.74) is 16.9. The Balaban J connectivity index is 1.49. The molecule has 8 heteroatoms. The Bertz CT molecular complexity index is 1190. The van der Waals surface area contributed by atoms with Crippen molar-refractivity contribution in [3.8, 4) is 11.1 Å². The maximum Gasteiger partial charge on any atom is 0.222 e. The minimum Gasteiger partial charge on any atom is -0.383 e. The molecule has 32 heavy (non-hydrogen) atoms. The van der Waals surface area contributed by atoms with Crippen LogP contribution in [0.15, 0.2) is 53.4 Å². The predicted molar refractivity (Wildman–Crippen MR) is 129 cm³/mol. The lowest BCUT2D eigenvalue weighted by molar-refractivity contribution is 0.540. The summed E-state index contributed by atoms with van der Waals surface area (Å²) in [7, 11) is -3.18. The van der Waals surface area contributed by atoms with Crippen LogP contribution in [0.5, 0.6) is 0 Å². The normalized spacial score (nSPS) is 14.5. The minimum atomic E-state index is -3.18. The summed E-state index contributed by atoms with van der Waals surface area (Å²) < 4.78 is 23.2. The van der Waals surface area contributed by atoms with Crippen molar-refractivity contribution in [3.05, 3.63) is 59.8 Å². The van der Waals surface area contributed by atoms with Crippen LogP contribution in [0.4, 0.5) is 17.5 Å². The van der Waals surface area contributed by atoms with Gasteiger partial charge in [0.25, 0.3) is 0 Å². The minimum absolute atomic E-state index is 0.222. The lowest BCUT2D eigenvalue weighted by Gasteiger charge is -2.16. The van der Waals surface area contributed by atoms with Crippen molar-refractivity contribution in [2.75, 3.05) is 23.0 Å². The summed E-state index contributed by atoms with van der Waals surface area (Å²) >= 11 is 0. The second kappa shape index (κ2) is 9.16. The number of benzene rings is 2. The summed E-state index contributed by atoms with van der Waals surface area (Å²) in [5.74, 6) is 1.26. The van der Waals surface area contributed by atoms with E-state index in [0.717, 1.165) is 34.5 Å².